The lowest BCUT2D eigenvalue weighted by molar-refractivity contribution is -0.260. The van der Waals surface area contributed by atoms with Gasteiger partial charge in [-0.15, -0.1) is 0 Å². The van der Waals surface area contributed by atoms with Gasteiger partial charge in [0.25, 0.3) is 0 Å². The number of benzene rings is 2. The predicted molar refractivity (Wildman–Crippen MR) is 97.3 cm³/mol. The molecule has 0 bridgehead atoms. The number of hydrogen-bond donors (Lipinski definition) is 1. The second kappa shape index (κ2) is 7.17. The highest BCUT2D eigenvalue weighted by molar-refractivity contribution is 9.10. The first kappa shape index (κ1) is 21.4. The molecule has 1 N–H and O–H groups in total. The smallest absolute Gasteiger partial charge is 0.375 e. The fourth-order valence-electron chi connectivity index (χ4n) is 2.67. The highest BCUT2D eigenvalue weighted by Crippen LogP contribution is 2.41. The topological polar surface area (TPSA) is 38.0 Å². The van der Waals surface area contributed by atoms with Crippen molar-refractivity contribution in [3.63, 3.8) is 0 Å². The van der Waals surface area contributed by atoms with Crippen LogP contribution in [0.1, 0.15) is 18.2 Å². The molecule has 29 heavy (non-hydrogen) atoms. The van der Waals surface area contributed by atoms with Crippen LogP contribution in [0.15, 0.2) is 59.2 Å². The van der Waals surface area contributed by atoms with E-state index in [2.05, 4.69) is 20.9 Å². The van der Waals surface area contributed by atoms with Crippen molar-refractivity contribution in [2.45, 2.75) is 24.9 Å². The molecule has 0 aliphatic rings. The van der Waals surface area contributed by atoms with Gasteiger partial charge in [0.2, 0.25) is 5.60 Å². The van der Waals surface area contributed by atoms with Crippen LogP contribution in [0.5, 0.6) is 0 Å². The van der Waals surface area contributed by atoms with Crippen LogP contribution in [0, 0.1) is 0 Å². The third-order valence-electron chi connectivity index (χ3n) is 4.33. The summed E-state index contributed by atoms with van der Waals surface area (Å²) in [7, 11) is 0. The van der Waals surface area contributed by atoms with Gasteiger partial charge in [0.1, 0.15) is 11.5 Å². The van der Waals surface area contributed by atoms with Gasteiger partial charge in [0.05, 0.1) is 5.56 Å². The fraction of sp³-hybridized carbons (Fsp3) is 0.211. The number of hydrogen-bond acceptors (Lipinski definition) is 2. The van der Waals surface area contributed by atoms with E-state index in [0.717, 1.165) is 22.9 Å². The van der Waals surface area contributed by atoms with Gasteiger partial charge in [-0.1, -0.05) is 34.1 Å². The minimum absolute atomic E-state index is 0.275. The Bertz CT molecular complexity index is 1020. The maximum Gasteiger partial charge on any atom is 0.422 e. The highest BCUT2D eigenvalue weighted by atomic mass is 79.9. The Morgan fingerprint density at radius 2 is 1.52 bits per heavy atom. The number of imidazole rings is 1. The molecule has 0 aliphatic carbocycles. The molecule has 1 unspecified atom stereocenters. The second-order valence-corrected chi connectivity index (χ2v) is 7.33. The van der Waals surface area contributed by atoms with Crippen molar-refractivity contribution in [2.75, 3.05) is 0 Å². The fourth-order valence-corrected chi connectivity index (χ4v) is 2.94. The van der Waals surface area contributed by atoms with E-state index in [4.69, 9.17) is 0 Å². The number of aliphatic hydroxyl groups is 1. The molecule has 0 spiro atoms. The lowest BCUT2D eigenvalue weighted by atomic mass is 10.0. The summed E-state index contributed by atoms with van der Waals surface area (Å²) in [5.41, 5.74) is -5.36. The van der Waals surface area contributed by atoms with E-state index in [9.17, 15) is 31.4 Å². The molecule has 1 heterocycles. The third-order valence-corrected chi connectivity index (χ3v) is 4.86. The molecule has 3 nitrogen and oxygen atoms in total. The Hall–Kier alpha value is -2.33. The van der Waals surface area contributed by atoms with Gasteiger partial charge in [-0.2, -0.15) is 26.3 Å². The third kappa shape index (κ3) is 4.04. The Morgan fingerprint density at radius 1 is 0.931 bits per heavy atom. The molecule has 1 aromatic heterocycles. The number of aromatic nitrogens is 2. The molecule has 0 saturated heterocycles. The summed E-state index contributed by atoms with van der Waals surface area (Å²) >= 11 is 3.22. The Labute approximate surface area is 169 Å². The van der Waals surface area contributed by atoms with Gasteiger partial charge in [-0.3, -0.25) is 4.57 Å². The van der Waals surface area contributed by atoms with E-state index in [1.54, 1.807) is 12.1 Å². The number of rotatable bonds is 3. The average Bonchev–Trinajstić information content (AvgIpc) is 3.06. The molecule has 1 atom stereocenters. The lowest BCUT2D eigenvalue weighted by Gasteiger charge is -2.23. The first-order valence-electron chi connectivity index (χ1n) is 8.14. The summed E-state index contributed by atoms with van der Waals surface area (Å²) in [4.78, 5) is 3.77. The van der Waals surface area contributed by atoms with E-state index >= 15 is 0 Å². The maximum absolute atomic E-state index is 13.5. The van der Waals surface area contributed by atoms with Crippen LogP contribution in [0.25, 0.3) is 17.1 Å². The quantitative estimate of drug-likeness (QED) is 0.462. The normalized spacial score (nSPS) is 14.7. The van der Waals surface area contributed by atoms with E-state index in [0.29, 0.717) is 11.4 Å². The second-order valence-electron chi connectivity index (χ2n) is 6.41. The summed E-state index contributed by atoms with van der Waals surface area (Å²) in [6.45, 7) is 0.501. The van der Waals surface area contributed by atoms with E-state index < -0.39 is 34.8 Å². The number of halogens is 7. The minimum atomic E-state index is -5.08. The lowest BCUT2D eigenvalue weighted by Crippen LogP contribution is -2.39. The molecule has 10 heteroatoms. The molecule has 0 amide bonds. The first-order chi connectivity index (χ1) is 13.3. The molecule has 0 aliphatic heterocycles. The zero-order chi connectivity index (χ0) is 21.6. The molecular formula is C19H13BrF6N2O. The van der Waals surface area contributed by atoms with Crippen molar-refractivity contribution in [1.29, 1.82) is 0 Å². The predicted octanol–water partition coefficient (Wildman–Crippen LogP) is 6.09. The molecule has 3 rings (SSSR count). The van der Waals surface area contributed by atoms with Crippen molar-refractivity contribution < 1.29 is 31.4 Å². The van der Waals surface area contributed by atoms with E-state index in [1.165, 1.54) is 24.3 Å². The molecule has 3 aromatic rings. The molecule has 0 saturated carbocycles. The van der Waals surface area contributed by atoms with Crippen LogP contribution in [0.2, 0.25) is 0 Å². The summed E-state index contributed by atoms with van der Waals surface area (Å²) in [6, 6.07) is 10.6. The zero-order valence-corrected chi connectivity index (χ0v) is 16.3. The van der Waals surface area contributed by atoms with Crippen LogP contribution in [-0.4, -0.2) is 20.8 Å². The van der Waals surface area contributed by atoms with Crippen LogP contribution < -0.4 is 0 Å². The van der Waals surface area contributed by atoms with Crippen molar-refractivity contribution in [3.05, 3.63) is 70.5 Å². The Kier molecular flexibility index (Phi) is 5.29. The largest absolute Gasteiger partial charge is 0.422 e. The van der Waals surface area contributed by atoms with Gasteiger partial charge in [-0.05, 0) is 37.3 Å². The molecule has 0 radical (unpaired) electrons. The maximum atomic E-state index is 13.5. The molecular weight excluding hydrogens is 466 g/mol. The Morgan fingerprint density at radius 3 is 2.07 bits per heavy atom. The first-order valence-corrected chi connectivity index (χ1v) is 8.93. The van der Waals surface area contributed by atoms with Crippen molar-refractivity contribution >= 4 is 15.9 Å². The van der Waals surface area contributed by atoms with Gasteiger partial charge in [0.15, 0.2) is 0 Å². The number of nitrogens with zero attached hydrogens (tertiary/aromatic N) is 2. The van der Waals surface area contributed by atoms with Crippen LogP contribution in [0.4, 0.5) is 26.3 Å². The van der Waals surface area contributed by atoms with Gasteiger partial charge < -0.3 is 5.11 Å². The van der Waals surface area contributed by atoms with Crippen LogP contribution in [-0.2, 0) is 11.8 Å². The van der Waals surface area contributed by atoms with Crippen LogP contribution >= 0.6 is 15.9 Å². The van der Waals surface area contributed by atoms with Crippen molar-refractivity contribution in [3.8, 4) is 17.1 Å². The average molecular weight is 479 g/mol. The summed E-state index contributed by atoms with van der Waals surface area (Å²) in [5, 5.41) is 10.00. The zero-order valence-electron chi connectivity index (χ0n) is 14.7. The minimum Gasteiger partial charge on any atom is -0.375 e. The SMILES string of the molecule is CC(O)(c1cn(-c2ccc(Br)cc2)c(-c2ccccc2C(F)(F)F)n1)C(F)(F)F. The summed E-state index contributed by atoms with van der Waals surface area (Å²) < 4.78 is 82.1. The monoisotopic (exact) mass is 478 g/mol. The number of alkyl halides is 6. The standard InChI is InChI=1S/C19H13BrF6N2O/c1-17(29,19(24,25)26)15-10-28(12-8-6-11(20)7-9-12)16(27-15)13-4-2-3-5-14(13)18(21,22)23/h2-10,29H,1H3. The highest BCUT2D eigenvalue weighted by Gasteiger charge is 2.53. The molecule has 2 aromatic carbocycles. The van der Waals surface area contributed by atoms with E-state index in [-0.39, 0.29) is 11.5 Å². The Balaban J connectivity index is 2.31. The van der Waals surface area contributed by atoms with E-state index in [1.807, 2.05) is 0 Å². The summed E-state index contributed by atoms with van der Waals surface area (Å²) in [5.74, 6) is -0.375. The molecule has 154 valence electrons. The van der Waals surface area contributed by atoms with Gasteiger partial charge >= 0.3 is 12.4 Å². The van der Waals surface area contributed by atoms with Crippen molar-refractivity contribution in [2.24, 2.45) is 0 Å². The summed E-state index contributed by atoms with van der Waals surface area (Å²) in [6.07, 6.45) is -8.94. The molecule has 0 fully saturated rings. The van der Waals surface area contributed by atoms with Crippen molar-refractivity contribution in [1.82, 2.24) is 9.55 Å². The van der Waals surface area contributed by atoms with Gasteiger partial charge in [0, 0.05) is 21.9 Å². The van der Waals surface area contributed by atoms with Crippen LogP contribution in [0.3, 0.4) is 0 Å². The van der Waals surface area contributed by atoms with Gasteiger partial charge in [-0.25, -0.2) is 4.98 Å².